The summed E-state index contributed by atoms with van der Waals surface area (Å²) in [6, 6.07) is 6.30. The largest absolute Gasteiger partial charge is 0.352 e. The molecule has 3 N–H and O–H groups in total. The number of nitrogens with two attached hydrogens (primary N) is 1. The number of rotatable bonds is 5. The van der Waals surface area contributed by atoms with Crippen molar-refractivity contribution in [3.05, 3.63) is 39.9 Å². The molecule has 0 spiro atoms. The molecular weight excluding hydrogens is 210 g/mol. The molecule has 0 saturated heterocycles. The number of nitrogens with one attached hydrogen (secondary N) is 1. The molecule has 0 atom stereocenters. The van der Waals surface area contributed by atoms with Crippen molar-refractivity contribution in [2.75, 3.05) is 6.54 Å². The normalized spacial score (nSPS) is 9.81. The number of para-hydroxylation sites is 1. The van der Waals surface area contributed by atoms with Crippen LogP contribution in [0.15, 0.2) is 24.3 Å². The molecule has 0 heterocycles. The zero-order valence-corrected chi connectivity index (χ0v) is 8.68. The molecule has 86 valence electrons. The molecule has 0 radical (unpaired) electrons. The zero-order valence-electron chi connectivity index (χ0n) is 8.68. The van der Waals surface area contributed by atoms with Gasteiger partial charge < -0.3 is 11.1 Å². The molecule has 1 amide bonds. The van der Waals surface area contributed by atoms with Crippen LogP contribution in [0.1, 0.15) is 12.0 Å². The third-order valence-electron chi connectivity index (χ3n) is 2.04. The van der Waals surface area contributed by atoms with Gasteiger partial charge in [-0.1, -0.05) is 18.2 Å². The van der Waals surface area contributed by atoms with Crippen molar-refractivity contribution in [1.29, 1.82) is 0 Å². The zero-order chi connectivity index (χ0) is 12.0. The lowest BCUT2D eigenvalue weighted by atomic mass is 10.2. The SMILES string of the molecule is NCCC(=O)NCc1ccccc1[N+](=O)[O-]. The minimum absolute atomic E-state index is 0.00977. The van der Waals surface area contributed by atoms with E-state index in [2.05, 4.69) is 5.32 Å². The molecular formula is C10H13N3O3. The quantitative estimate of drug-likeness (QED) is 0.562. The Kier molecular flexibility index (Phi) is 4.41. The van der Waals surface area contributed by atoms with Crippen molar-refractivity contribution < 1.29 is 9.72 Å². The number of amides is 1. The Bertz CT molecular complexity index is 393. The van der Waals surface area contributed by atoms with Crippen LogP contribution < -0.4 is 11.1 Å². The Hall–Kier alpha value is -1.95. The molecule has 1 aromatic rings. The van der Waals surface area contributed by atoms with Crippen LogP contribution in [0.25, 0.3) is 0 Å². The first-order valence-electron chi connectivity index (χ1n) is 4.84. The molecule has 0 fully saturated rings. The maximum atomic E-state index is 11.1. The van der Waals surface area contributed by atoms with Crippen molar-refractivity contribution in [3.8, 4) is 0 Å². The minimum atomic E-state index is -0.468. The van der Waals surface area contributed by atoms with Gasteiger partial charge in [0.15, 0.2) is 0 Å². The Labute approximate surface area is 92.6 Å². The molecule has 16 heavy (non-hydrogen) atoms. The summed E-state index contributed by atoms with van der Waals surface area (Å²) in [6.07, 6.45) is 0.223. The monoisotopic (exact) mass is 223 g/mol. The minimum Gasteiger partial charge on any atom is -0.352 e. The third-order valence-corrected chi connectivity index (χ3v) is 2.04. The lowest BCUT2D eigenvalue weighted by Crippen LogP contribution is -2.25. The molecule has 0 unspecified atom stereocenters. The first-order chi connectivity index (χ1) is 7.65. The molecule has 1 aromatic carbocycles. The number of nitro groups is 1. The van der Waals surface area contributed by atoms with E-state index in [-0.39, 0.29) is 31.1 Å². The number of hydrogen-bond donors (Lipinski definition) is 2. The molecule has 0 aliphatic rings. The van der Waals surface area contributed by atoms with E-state index in [0.29, 0.717) is 5.56 Å². The van der Waals surface area contributed by atoms with Gasteiger partial charge in [0.1, 0.15) is 0 Å². The van der Waals surface area contributed by atoms with E-state index in [1.54, 1.807) is 18.2 Å². The maximum Gasteiger partial charge on any atom is 0.274 e. The van der Waals surface area contributed by atoms with Crippen LogP contribution in [0.5, 0.6) is 0 Å². The van der Waals surface area contributed by atoms with Gasteiger partial charge in [0.05, 0.1) is 4.92 Å². The van der Waals surface area contributed by atoms with Gasteiger partial charge in [-0.15, -0.1) is 0 Å². The van der Waals surface area contributed by atoms with E-state index < -0.39 is 4.92 Å². The predicted molar refractivity (Wildman–Crippen MR) is 58.6 cm³/mol. The van der Waals surface area contributed by atoms with Crippen LogP contribution in [0, 0.1) is 10.1 Å². The van der Waals surface area contributed by atoms with Crippen molar-refractivity contribution in [2.45, 2.75) is 13.0 Å². The summed E-state index contributed by atoms with van der Waals surface area (Å²) in [4.78, 5) is 21.3. The second kappa shape index (κ2) is 5.82. The molecule has 0 aliphatic carbocycles. The fourth-order valence-electron chi connectivity index (χ4n) is 1.25. The predicted octanol–water partition coefficient (Wildman–Crippen LogP) is 0.560. The van der Waals surface area contributed by atoms with Gasteiger partial charge in [-0.3, -0.25) is 14.9 Å². The van der Waals surface area contributed by atoms with Gasteiger partial charge in [-0.05, 0) is 0 Å². The van der Waals surface area contributed by atoms with E-state index in [4.69, 9.17) is 5.73 Å². The van der Waals surface area contributed by atoms with Gasteiger partial charge in [0, 0.05) is 31.1 Å². The third kappa shape index (κ3) is 3.32. The number of nitro benzene ring substituents is 1. The van der Waals surface area contributed by atoms with Crippen molar-refractivity contribution >= 4 is 11.6 Å². The summed E-state index contributed by atoms with van der Waals surface area (Å²) in [5.74, 6) is -0.208. The van der Waals surface area contributed by atoms with Gasteiger partial charge in [-0.2, -0.15) is 0 Å². The highest BCUT2D eigenvalue weighted by atomic mass is 16.6. The van der Waals surface area contributed by atoms with E-state index in [9.17, 15) is 14.9 Å². The average molecular weight is 223 g/mol. The fourth-order valence-corrected chi connectivity index (χ4v) is 1.25. The van der Waals surface area contributed by atoms with Gasteiger partial charge in [0.25, 0.3) is 5.69 Å². The van der Waals surface area contributed by atoms with Crippen LogP contribution in [-0.2, 0) is 11.3 Å². The Morgan fingerprint density at radius 3 is 2.75 bits per heavy atom. The second-order valence-corrected chi connectivity index (χ2v) is 3.20. The number of carbonyl (C=O) groups excluding carboxylic acids is 1. The van der Waals surface area contributed by atoms with E-state index in [1.807, 2.05) is 0 Å². The highest BCUT2D eigenvalue weighted by molar-refractivity contribution is 5.76. The molecule has 6 heteroatoms. The average Bonchev–Trinajstić information content (AvgIpc) is 2.27. The molecule has 0 saturated carbocycles. The van der Waals surface area contributed by atoms with Crippen LogP contribution in [-0.4, -0.2) is 17.4 Å². The van der Waals surface area contributed by atoms with Crippen molar-refractivity contribution in [1.82, 2.24) is 5.32 Å². The van der Waals surface area contributed by atoms with E-state index in [0.717, 1.165) is 0 Å². The first kappa shape index (κ1) is 12.1. The number of nitrogens with zero attached hydrogens (tertiary/aromatic N) is 1. The number of benzene rings is 1. The first-order valence-corrected chi connectivity index (χ1v) is 4.84. The van der Waals surface area contributed by atoms with E-state index >= 15 is 0 Å². The van der Waals surface area contributed by atoms with Gasteiger partial charge in [0.2, 0.25) is 5.91 Å². The lowest BCUT2D eigenvalue weighted by molar-refractivity contribution is -0.385. The summed E-state index contributed by atoms with van der Waals surface area (Å²) >= 11 is 0. The number of carbonyl (C=O) groups is 1. The second-order valence-electron chi connectivity index (χ2n) is 3.20. The molecule has 0 aliphatic heterocycles. The highest BCUT2D eigenvalue weighted by Gasteiger charge is 2.12. The van der Waals surface area contributed by atoms with Gasteiger partial charge >= 0.3 is 0 Å². The van der Waals surface area contributed by atoms with Crippen LogP contribution >= 0.6 is 0 Å². The Morgan fingerprint density at radius 2 is 2.12 bits per heavy atom. The summed E-state index contributed by atoms with van der Waals surface area (Å²) in [7, 11) is 0. The Morgan fingerprint density at radius 1 is 1.44 bits per heavy atom. The van der Waals surface area contributed by atoms with Crippen molar-refractivity contribution in [2.24, 2.45) is 5.73 Å². The molecule has 1 rings (SSSR count). The van der Waals surface area contributed by atoms with E-state index in [1.165, 1.54) is 6.07 Å². The fraction of sp³-hybridized carbons (Fsp3) is 0.300. The summed E-state index contributed by atoms with van der Waals surface area (Å²) < 4.78 is 0. The standard InChI is InChI=1S/C10H13N3O3/c11-6-5-10(14)12-7-8-3-1-2-4-9(8)13(15)16/h1-4H,5-7,11H2,(H,12,14). The molecule has 0 bridgehead atoms. The topological polar surface area (TPSA) is 98.3 Å². The lowest BCUT2D eigenvalue weighted by Gasteiger charge is -2.04. The smallest absolute Gasteiger partial charge is 0.274 e. The number of hydrogen-bond acceptors (Lipinski definition) is 4. The summed E-state index contributed by atoms with van der Waals surface area (Å²) in [6.45, 7) is 0.415. The van der Waals surface area contributed by atoms with Crippen molar-refractivity contribution in [3.63, 3.8) is 0 Å². The maximum absolute atomic E-state index is 11.1. The molecule has 0 aromatic heterocycles. The van der Waals surface area contributed by atoms with Crippen LogP contribution in [0.2, 0.25) is 0 Å². The Balaban J connectivity index is 2.66. The van der Waals surface area contributed by atoms with Crippen LogP contribution in [0.4, 0.5) is 5.69 Å². The molecule has 6 nitrogen and oxygen atoms in total. The summed E-state index contributed by atoms with van der Waals surface area (Å²) in [5.41, 5.74) is 5.70. The summed E-state index contributed by atoms with van der Waals surface area (Å²) in [5, 5.41) is 13.2. The van der Waals surface area contributed by atoms with Crippen LogP contribution in [0.3, 0.4) is 0 Å². The van der Waals surface area contributed by atoms with Gasteiger partial charge in [-0.25, -0.2) is 0 Å². The highest BCUT2D eigenvalue weighted by Crippen LogP contribution is 2.16.